The third-order valence-corrected chi connectivity index (χ3v) is 5.26. The van der Waals surface area contributed by atoms with Crippen molar-refractivity contribution in [2.75, 3.05) is 17.7 Å². The largest absolute Gasteiger partial charge is 0.355 e. The number of benzene rings is 2. The van der Waals surface area contributed by atoms with Gasteiger partial charge >= 0.3 is 0 Å². The van der Waals surface area contributed by atoms with Crippen molar-refractivity contribution in [3.63, 3.8) is 0 Å². The number of para-hydroxylation sites is 1. The van der Waals surface area contributed by atoms with Crippen LogP contribution in [0.3, 0.4) is 0 Å². The number of aromatic nitrogens is 3. The number of carbonyl (C=O) groups excluding carboxylic acids is 2. The number of amides is 2. The summed E-state index contributed by atoms with van der Waals surface area (Å²) in [4.78, 5) is 29.5. The normalized spacial score (nSPS) is 10.7. The molecule has 0 radical (unpaired) electrons. The van der Waals surface area contributed by atoms with Gasteiger partial charge in [-0.1, -0.05) is 34.1 Å². The Hall–Kier alpha value is -3.72. The fourth-order valence-corrected chi connectivity index (χ4v) is 3.47. The number of rotatable bonds is 5. The van der Waals surface area contributed by atoms with E-state index < -0.39 is 5.91 Å². The molecule has 0 spiro atoms. The zero-order chi connectivity index (χ0) is 22.0. The first kappa shape index (κ1) is 20.5. The fraction of sp³-hybridized carbons (Fsp3) is 0.0909. The molecule has 2 aromatic heterocycles. The SMILES string of the molecule is CNC(=O)c1cnc(Nc2ccccc2C)c(NC(=O)c2n[nH]c3ccc(Br)cc23)c1. The molecule has 4 N–H and O–H groups in total. The number of nitrogens with one attached hydrogen (secondary N) is 4. The first-order chi connectivity index (χ1) is 15.0. The van der Waals surface area contributed by atoms with Crippen molar-refractivity contribution < 1.29 is 9.59 Å². The number of anilines is 3. The number of aromatic amines is 1. The Morgan fingerprint density at radius 2 is 1.84 bits per heavy atom. The second kappa shape index (κ2) is 8.57. The molecule has 9 heteroatoms. The zero-order valence-corrected chi connectivity index (χ0v) is 18.4. The van der Waals surface area contributed by atoms with Crippen LogP contribution in [-0.2, 0) is 0 Å². The van der Waals surface area contributed by atoms with Gasteiger partial charge < -0.3 is 16.0 Å². The third-order valence-electron chi connectivity index (χ3n) is 4.76. The number of nitrogens with zero attached hydrogens (tertiary/aromatic N) is 2. The molecule has 8 nitrogen and oxygen atoms in total. The summed E-state index contributed by atoms with van der Waals surface area (Å²) < 4.78 is 0.834. The molecule has 0 bridgehead atoms. The second-order valence-corrected chi connectivity index (χ2v) is 7.77. The van der Waals surface area contributed by atoms with Gasteiger partial charge in [0.15, 0.2) is 11.5 Å². The molecule has 0 saturated carbocycles. The number of H-pyrrole nitrogens is 1. The molecule has 4 rings (SSSR count). The molecule has 156 valence electrons. The van der Waals surface area contributed by atoms with Crippen LogP contribution in [0.15, 0.2) is 59.2 Å². The molecule has 2 amide bonds. The van der Waals surface area contributed by atoms with Crippen LogP contribution in [0.25, 0.3) is 10.9 Å². The van der Waals surface area contributed by atoms with Crippen molar-refractivity contribution in [3.8, 4) is 0 Å². The lowest BCUT2D eigenvalue weighted by Gasteiger charge is -2.14. The summed E-state index contributed by atoms with van der Waals surface area (Å²) in [5.74, 6) is -0.316. The summed E-state index contributed by atoms with van der Waals surface area (Å²) in [6, 6.07) is 14.8. The quantitative estimate of drug-likeness (QED) is 0.340. The molecule has 0 aliphatic carbocycles. The maximum absolute atomic E-state index is 13.1. The van der Waals surface area contributed by atoms with Crippen LogP contribution < -0.4 is 16.0 Å². The summed E-state index contributed by atoms with van der Waals surface area (Å²) in [6.45, 7) is 1.97. The van der Waals surface area contributed by atoms with E-state index in [0.717, 1.165) is 21.2 Å². The summed E-state index contributed by atoms with van der Waals surface area (Å²) in [7, 11) is 1.54. The van der Waals surface area contributed by atoms with Gasteiger partial charge in [-0.2, -0.15) is 5.10 Å². The predicted molar refractivity (Wildman–Crippen MR) is 124 cm³/mol. The van der Waals surface area contributed by atoms with Gasteiger partial charge in [-0.25, -0.2) is 4.98 Å². The molecule has 0 saturated heterocycles. The van der Waals surface area contributed by atoms with Gasteiger partial charge in [-0.15, -0.1) is 0 Å². The van der Waals surface area contributed by atoms with Gasteiger partial charge in [0, 0.05) is 28.8 Å². The molecule has 0 atom stereocenters. The average Bonchev–Trinajstić information content (AvgIpc) is 3.19. The van der Waals surface area contributed by atoms with E-state index >= 15 is 0 Å². The van der Waals surface area contributed by atoms with E-state index in [1.165, 1.54) is 13.2 Å². The zero-order valence-electron chi connectivity index (χ0n) is 16.8. The average molecular weight is 479 g/mol. The standard InChI is InChI=1S/C22H19BrN6O2/c1-12-5-3-4-6-16(12)26-20-18(9-13(11-25-20)21(30)24-2)27-22(31)19-15-10-14(23)7-8-17(15)28-29-19/h3-11H,1-2H3,(H,24,30)(H,25,26)(H,27,31)(H,28,29). The minimum Gasteiger partial charge on any atom is -0.355 e. The van der Waals surface area contributed by atoms with Gasteiger partial charge in [0.2, 0.25) is 0 Å². The highest BCUT2D eigenvalue weighted by Gasteiger charge is 2.18. The number of aryl methyl sites for hydroxylation is 1. The van der Waals surface area contributed by atoms with Crippen LogP contribution >= 0.6 is 15.9 Å². The number of fused-ring (bicyclic) bond motifs is 1. The summed E-state index contributed by atoms with van der Waals surface area (Å²) in [5, 5.41) is 16.3. The van der Waals surface area contributed by atoms with Crippen molar-refractivity contribution >= 4 is 55.8 Å². The van der Waals surface area contributed by atoms with Crippen LogP contribution in [0.1, 0.15) is 26.4 Å². The molecular weight excluding hydrogens is 460 g/mol. The van der Waals surface area contributed by atoms with Crippen LogP contribution in [0, 0.1) is 6.92 Å². The summed E-state index contributed by atoms with van der Waals surface area (Å²) in [5.41, 5.74) is 3.52. The lowest BCUT2D eigenvalue weighted by molar-refractivity contribution is 0.0961. The van der Waals surface area contributed by atoms with Crippen LogP contribution in [-0.4, -0.2) is 34.0 Å². The fourth-order valence-electron chi connectivity index (χ4n) is 3.11. The van der Waals surface area contributed by atoms with E-state index in [1.807, 2.05) is 49.4 Å². The Bertz CT molecular complexity index is 1300. The van der Waals surface area contributed by atoms with Crippen LogP contribution in [0.2, 0.25) is 0 Å². The Balaban J connectivity index is 1.72. The number of hydrogen-bond donors (Lipinski definition) is 4. The third kappa shape index (κ3) is 4.26. The first-order valence-electron chi connectivity index (χ1n) is 9.46. The number of pyridine rings is 1. The van der Waals surface area contributed by atoms with Crippen LogP contribution in [0.4, 0.5) is 17.2 Å². The maximum Gasteiger partial charge on any atom is 0.276 e. The van der Waals surface area contributed by atoms with Crippen LogP contribution in [0.5, 0.6) is 0 Å². The molecule has 4 aromatic rings. The summed E-state index contributed by atoms with van der Waals surface area (Å²) in [6.07, 6.45) is 1.45. The highest BCUT2D eigenvalue weighted by molar-refractivity contribution is 9.10. The lowest BCUT2D eigenvalue weighted by atomic mass is 10.2. The van der Waals surface area contributed by atoms with Gasteiger partial charge in [-0.05, 0) is 42.8 Å². The predicted octanol–water partition coefficient (Wildman–Crippen LogP) is 4.38. The Morgan fingerprint density at radius 1 is 1.03 bits per heavy atom. The van der Waals surface area contributed by atoms with Gasteiger partial charge in [-0.3, -0.25) is 14.7 Å². The minimum atomic E-state index is -0.423. The highest BCUT2D eigenvalue weighted by Crippen LogP contribution is 2.28. The van der Waals surface area contributed by atoms with E-state index in [9.17, 15) is 9.59 Å². The van der Waals surface area contributed by atoms with Crippen molar-refractivity contribution in [2.24, 2.45) is 0 Å². The maximum atomic E-state index is 13.1. The molecule has 0 unspecified atom stereocenters. The minimum absolute atomic E-state index is 0.239. The first-order valence-corrected chi connectivity index (χ1v) is 10.3. The molecule has 2 heterocycles. The van der Waals surface area contributed by atoms with Gasteiger partial charge in [0.05, 0.1) is 16.8 Å². The van der Waals surface area contributed by atoms with Gasteiger partial charge in [0.25, 0.3) is 11.8 Å². The summed E-state index contributed by atoms with van der Waals surface area (Å²) >= 11 is 3.42. The smallest absolute Gasteiger partial charge is 0.276 e. The molecule has 0 aliphatic rings. The second-order valence-electron chi connectivity index (χ2n) is 6.86. The topological polar surface area (TPSA) is 112 Å². The number of halogens is 1. The van der Waals surface area contributed by atoms with Crippen molar-refractivity contribution in [3.05, 3.63) is 76.0 Å². The molecule has 2 aromatic carbocycles. The van der Waals surface area contributed by atoms with E-state index in [2.05, 4.69) is 47.1 Å². The Labute approximate surface area is 186 Å². The van der Waals surface area contributed by atoms with E-state index in [0.29, 0.717) is 22.5 Å². The van der Waals surface area contributed by atoms with E-state index in [1.54, 1.807) is 6.07 Å². The molecule has 0 fully saturated rings. The van der Waals surface area contributed by atoms with Crippen molar-refractivity contribution in [2.45, 2.75) is 6.92 Å². The lowest BCUT2D eigenvalue weighted by Crippen LogP contribution is -2.20. The Morgan fingerprint density at radius 3 is 2.61 bits per heavy atom. The number of carbonyl (C=O) groups is 2. The monoisotopic (exact) mass is 478 g/mol. The van der Waals surface area contributed by atoms with Crippen molar-refractivity contribution in [1.29, 1.82) is 0 Å². The number of hydrogen-bond acceptors (Lipinski definition) is 5. The van der Waals surface area contributed by atoms with Crippen molar-refractivity contribution in [1.82, 2.24) is 20.5 Å². The van der Waals surface area contributed by atoms with E-state index in [4.69, 9.17) is 0 Å². The Kier molecular flexibility index (Phi) is 5.68. The van der Waals surface area contributed by atoms with E-state index in [-0.39, 0.29) is 11.6 Å². The molecular formula is C22H19BrN6O2. The highest BCUT2D eigenvalue weighted by atomic mass is 79.9. The molecule has 0 aliphatic heterocycles. The molecule has 31 heavy (non-hydrogen) atoms. The van der Waals surface area contributed by atoms with Gasteiger partial charge in [0.1, 0.15) is 0 Å².